The molecule has 7 nitrogen and oxygen atoms in total. The van der Waals surface area contributed by atoms with E-state index in [1.807, 2.05) is 6.92 Å². The number of carbonyl (C=O) groups excluding carboxylic acids is 4. The Morgan fingerprint density at radius 3 is 2.50 bits per heavy atom. The quantitative estimate of drug-likeness (QED) is 0.329. The second-order valence-corrected chi connectivity index (χ2v) is 8.25. The van der Waals surface area contributed by atoms with Crippen LogP contribution >= 0.6 is 0 Å². The first-order chi connectivity index (χ1) is 15.5. The zero-order valence-corrected chi connectivity index (χ0v) is 19.0. The molecule has 1 aliphatic heterocycles. The fourth-order valence-corrected chi connectivity index (χ4v) is 4.30. The lowest BCUT2D eigenvalue weighted by Gasteiger charge is -2.28. The summed E-state index contributed by atoms with van der Waals surface area (Å²) in [6, 6.07) is 5.42. The number of amides is 3. The number of hydrogen-bond acceptors (Lipinski definition) is 5. The van der Waals surface area contributed by atoms with Crippen molar-refractivity contribution in [1.82, 2.24) is 4.90 Å². The first-order valence-electron chi connectivity index (χ1n) is 11.6. The Bertz CT molecular complexity index is 890. The Morgan fingerprint density at radius 1 is 1.12 bits per heavy atom. The lowest BCUT2D eigenvalue weighted by Crippen LogP contribution is -2.46. The van der Waals surface area contributed by atoms with E-state index in [0.29, 0.717) is 30.6 Å². The van der Waals surface area contributed by atoms with Gasteiger partial charge in [0, 0.05) is 13.0 Å². The highest BCUT2D eigenvalue weighted by Gasteiger charge is 2.44. The maximum Gasteiger partial charge on any atom is 0.338 e. The predicted octanol–water partition coefficient (Wildman–Crippen LogP) is 4.01. The van der Waals surface area contributed by atoms with Gasteiger partial charge in [-0.15, -0.1) is 0 Å². The van der Waals surface area contributed by atoms with Crippen LogP contribution in [0.4, 0.5) is 5.69 Å². The summed E-state index contributed by atoms with van der Waals surface area (Å²) in [5.74, 6) is -1.27. The van der Waals surface area contributed by atoms with Crippen molar-refractivity contribution in [2.45, 2.75) is 71.3 Å². The van der Waals surface area contributed by atoms with Crippen LogP contribution < -0.4 is 4.90 Å². The summed E-state index contributed by atoms with van der Waals surface area (Å²) >= 11 is 0. The standard InChI is InChI=1S/C25H32N2O5/c1-3-8-22(28)26(16-15-18-9-6-5-7-10-18)21-17-23(29)27(24(21)30)20-13-11-19(12-14-20)25(31)32-4-2/h9,11-14,21H,3-8,10,15-17H2,1-2H3. The first kappa shape index (κ1) is 23.7. The molecule has 1 aromatic rings. The van der Waals surface area contributed by atoms with Gasteiger partial charge in [-0.3, -0.25) is 14.4 Å². The van der Waals surface area contributed by atoms with E-state index in [-0.39, 0.29) is 30.7 Å². The van der Waals surface area contributed by atoms with Crippen LogP contribution in [0.25, 0.3) is 0 Å². The molecule has 1 saturated heterocycles. The van der Waals surface area contributed by atoms with Crippen molar-refractivity contribution in [1.29, 1.82) is 0 Å². The minimum Gasteiger partial charge on any atom is -0.462 e. The van der Waals surface area contributed by atoms with E-state index in [1.165, 1.54) is 24.1 Å². The summed E-state index contributed by atoms with van der Waals surface area (Å²) in [5, 5.41) is 0. The number of esters is 1. The van der Waals surface area contributed by atoms with E-state index in [2.05, 4.69) is 6.08 Å². The van der Waals surface area contributed by atoms with Crippen LogP contribution in [-0.4, -0.2) is 47.8 Å². The van der Waals surface area contributed by atoms with E-state index < -0.39 is 12.0 Å². The molecule has 3 rings (SSSR count). The van der Waals surface area contributed by atoms with E-state index >= 15 is 0 Å². The minimum atomic E-state index is -0.782. The molecule has 1 heterocycles. The number of allylic oxidation sites excluding steroid dienone is 1. The molecule has 3 amide bonds. The summed E-state index contributed by atoms with van der Waals surface area (Å²) in [7, 11) is 0. The number of anilines is 1. The number of ether oxygens (including phenoxy) is 1. The molecule has 2 aliphatic rings. The monoisotopic (exact) mass is 440 g/mol. The maximum atomic E-state index is 13.2. The number of carbonyl (C=O) groups is 4. The molecule has 1 aliphatic carbocycles. The Labute approximate surface area is 189 Å². The van der Waals surface area contributed by atoms with Crippen LogP contribution in [-0.2, 0) is 19.1 Å². The fourth-order valence-electron chi connectivity index (χ4n) is 4.30. The van der Waals surface area contributed by atoms with Gasteiger partial charge in [0.15, 0.2) is 0 Å². The second kappa shape index (κ2) is 11.1. The van der Waals surface area contributed by atoms with Gasteiger partial charge in [0.25, 0.3) is 5.91 Å². The van der Waals surface area contributed by atoms with Crippen LogP contribution in [0.1, 0.15) is 75.6 Å². The van der Waals surface area contributed by atoms with Gasteiger partial charge in [0.05, 0.1) is 24.3 Å². The second-order valence-electron chi connectivity index (χ2n) is 8.25. The van der Waals surface area contributed by atoms with Gasteiger partial charge < -0.3 is 9.64 Å². The first-order valence-corrected chi connectivity index (χ1v) is 11.6. The Hall–Kier alpha value is -2.96. The number of hydrogen-bond donors (Lipinski definition) is 0. The van der Waals surface area contributed by atoms with Gasteiger partial charge in [0.1, 0.15) is 6.04 Å². The SMILES string of the molecule is CCCC(=O)N(CCC1=CCCCC1)C1CC(=O)N(c2ccc(C(=O)OCC)cc2)C1=O. The van der Waals surface area contributed by atoms with Crippen molar-refractivity contribution >= 4 is 29.4 Å². The molecule has 0 N–H and O–H groups in total. The van der Waals surface area contributed by atoms with Crippen LogP contribution in [0.5, 0.6) is 0 Å². The molecule has 1 aromatic carbocycles. The highest BCUT2D eigenvalue weighted by atomic mass is 16.5. The molecular formula is C25H32N2O5. The van der Waals surface area contributed by atoms with Crippen molar-refractivity contribution in [3.63, 3.8) is 0 Å². The van der Waals surface area contributed by atoms with Crippen molar-refractivity contribution in [2.75, 3.05) is 18.1 Å². The molecule has 32 heavy (non-hydrogen) atoms. The molecule has 0 aromatic heterocycles. The molecule has 1 fully saturated rings. The highest BCUT2D eigenvalue weighted by Crippen LogP contribution is 2.28. The number of benzene rings is 1. The summed E-state index contributed by atoms with van der Waals surface area (Å²) in [6.07, 6.45) is 8.45. The van der Waals surface area contributed by atoms with E-state index in [9.17, 15) is 19.2 Å². The highest BCUT2D eigenvalue weighted by molar-refractivity contribution is 6.23. The molecule has 172 valence electrons. The van der Waals surface area contributed by atoms with E-state index in [1.54, 1.807) is 24.0 Å². The van der Waals surface area contributed by atoms with Crippen LogP contribution in [0.15, 0.2) is 35.9 Å². The van der Waals surface area contributed by atoms with Gasteiger partial charge in [-0.25, -0.2) is 9.69 Å². The molecule has 7 heteroatoms. The summed E-state index contributed by atoms with van der Waals surface area (Å²) in [4.78, 5) is 53.5. The van der Waals surface area contributed by atoms with Crippen molar-refractivity contribution in [2.24, 2.45) is 0 Å². The molecule has 0 radical (unpaired) electrons. The molecule has 1 atom stereocenters. The Morgan fingerprint density at radius 2 is 1.88 bits per heavy atom. The normalized spacial score (nSPS) is 18.5. The average Bonchev–Trinajstić information content (AvgIpc) is 3.09. The molecule has 0 saturated carbocycles. The van der Waals surface area contributed by atoms with Gasteiger partial charge >= 0.3 is 5.97 Å². The smallest absolute Gasteiger partial charge is 0.338 e. The minimum absolute atomic E-state index is 0.0209. The summed E-state index contributed by atoms with van der Waals surface area (Å²) in [6.45, 7) is 4.37. The average molecular weight is 441 g/mol. The molecule has 1 unspecified atom stereocenters. The third-order valence-electron chi connectivity index (χ3n) is 5.98. The van der Waals surface area contributed by atoms with E-state index in [0.717, 1.165) is 30.6 Å². The van der Waals surface area contributed by atoms with Crippen LogP contribution in [0, 0.1) is 0 Å². The molecule has 0 bridgehead atoms. The Balaban J connectivity index is 1.76. The molecular weight excluding hydrogens is 408 g/mol. The number of imide groups is 1. The summed E-state index contributed by atoms with van der Waals surface area (Å²) in [5.41, 5.74) is 2.08. The van der Waals surface area contributed by atoms with Gasteiger partial charge in [0.2, 0.25) is 11.8 Å². The van der Waals surface area contributed by atoms with E-state index in [4.69, 9.17) is 4.74 Å². The zero-order valence-electron chi connectivity index (χ0n) is 19.0. The van der Waals surface area contributed by atoms with Gasteiger partial charge in [-0.05, 0) is 69.7 Å². The zero-order chi connectivity index (χ0) is 23.1. The third kappa shape index (κ3) is 5.44. The molecule has 0 spiro atoms. The van der Waals surface area contributed by atoms with Gasteiger partial charge in [-0.2, -0.15) is 0 Å². The maximum absolute atomic E-state index is 13.2. The van der Waals surface area contributed by atoms with Crippen molar-refractivity contribution in [3.8, 4) is 0 Å². The largest absolute Gasteiger partial charge is 0.462 e. The van der Waals surface area contributed by atoms with Crippen molar-refractivity contribution < 1.29 is 23.9 Å². The van der Waals surface area contributed by atoms with Gasteiger partial charge in [-0.1, -0.05) is 18.6 Å². The topological polar surface area (TPSA) is 84.0 Å². The third-order valence-corrected chi connectivity index (χ3v) is 5.98. The summed E-state index contributed by atoms with van der Waals surface area (Å²) < 4.78 is 4.98. The Kier molecular flexibility index (Phi) is 8.20. The predicted molar refractivity (Wildman–Crippen MR) is 121 cm³/mol. The lowest BCUT2D eigenvalue weighted by molar-refractivity contribution is -0.138. The number of nitrogens with zero attached hydrogens (tertiary/aromatic N) is 2. The van der Waals surface area contributed by atoms with Crippen molar-refractivity contribution in [3.05, 3.63) is 41.5 Å². The fraction of sp³-hybridized carbons (Fsp3) is 0.520. The van der Waals surface area contributed by atoms with Crippen LogP contribution in [0.3, 0.4) is 0 Å². The lowest BCUT2D eigenvalue weighted by atomic mass is 9.97. The number of rotatable bonds is 9. The van der Waals surface area contributed by atoms with Crippen LogP contribution in [0.2, 0.25) is 0 Å².